The number of para-hydroxylation sites is 1. The fourth-order valence-corrected chi connectivity index (χ4v) is 2.66. The van der Waals surface area contributed by atoms with Crippen molar-refractivity contribution < 1.29 is 19.0 Å². The molecule has 0 spiro atoms. The van der Waals surface area contributed by atoms with Crippen LogP contribution in [0.15, 0.2) is 30.3 Å². The highest BCUT2D eigenvalue weighted by atomic mass is 35.5. The Hall–Kier alpha value is -2.11. The summed E-state index contributed by atoms with van der Waals surface area (Å²) in [7, 11) is 2.95. The molecule has 0 aromatic heterocycles. The molecule has 0 fully saturated rings. The number of halogens is 2. The van der Waals surface area contributed by atoms with Crippen LogP contribution >= 0.6 is 23.2 Å². The van der Waals surface area contributed by atoms with Crippen molar-refractivity contribution in [2.75, 3.05) is 26.1 Å². The molecule has 0 heterocycles. The quantitative estimate of drug-likeness (QED) is 0.804. The minimum Gasteiger partial charge on any atom is -0.493 e. The number of amides is 1. The lowest BCUT2D eigenvalue weighted by Gasteiger charge is -2.14. The van der Waals surface area contributed by atoms with Crippen molar-refractivity contribution in [1.29, 1.82) is 0 Å². The summed E-state index contributed by atoms with van der Waals surface area (Å²) in [4.78, 5) is 12.5. The third-order valence-electron chi connectivity index (χ3n) is 3.20. The lowest BCUT2D eigenvalue weighted by Crippen LogP contribution is -2.13. The van der Waals surface area contributed by atoms with Gasteiger partial charge in [-0.15, -0.1) is 0 Å². The van der Waals surface area contributed by atoms with Gasteiger partial charge in [0.25, 0.3) is 5.91 Å². The Kier molecular flexibility index (Phi) is 6.17. The zero-order valence-corrected chi connectivity index (χ0v) is 15.0. The zero-order chi connectivity index (χ0) is 17.7. The molecule has 24 heavy (non-hydrogen) atoms. The number of ether oxygens (including phenoxy) is 3. The van der Waals surface area contributed by atoms with Crippen molar-refractivity contribution in [3.63, 3.8) is 0 Å². The van der Waals surface area contributed by atoms with E-state index in [1.807, 2.05) is 6.92 Å². The van der Waals surface area contributed by atoms with E-state index in [-0.39, 0.29) is 10.9 Å². The van der Waals surface area contributed by atoms with Gasteiger partial charge in [0.1, 0.15) is 0 Å². The van der Waals surface area contributed by atoms with Crippen LogP contribution in [0.5, 0.6) is 17.2 Å². The number of anilines is 1. The normalized spacial score (nSPS) is 10.2. The van der Waals surface area contributed by atoms with E-state index in [0.29, 0.717) is 40.1 Å². The molecular weight excluding hydrogens is 353 g/mol. The average Bonchev–Trinajstić information content (AvgIpc) is 2.57. The third-order valence-corrected chi connectivity index (χ3v) is 3.78. The van der Waals surface area contributed by atoms with Crippen molar-refractivity contribution in [1.82, 2.24) is 0 Å². The van der Waals surface area contributed by atoms with Crippen molar-refractivity contribution in [2.45, 2.75) is 6.92 Å². The van der Waals surface area contributed by atoms with Crippen LogP contribution in [0.1, 0.15) is 17.3 Å². The number of carbonyl (C=O) groups is 1. The van der Waals surface area contributed by atoms with Gasteiger partial charge in [-0.05, 0) is 31.2 Å². The number of methoxy groups -OCH3 is 2. The van der Waals surface area contributed by atoms with Gasteiger partial charge in [-0.2, -0.15) is 0 Å². The van der Waals surface area contributed by atoms with Gasteiger partial charge in [-0.25, -0.2) is 0 Å². The maximum Gasteiger partial charge on any atom is 0.255 e. The van der Waals surface area contributed by atoms with Gasteiger partial charge >= 0.3 is 0 Å². The summed E-state index contributed by atoms with van der Waals surface area (Å²) in [6.07, 6.45) is 0. The maximum atomic E-state index is 12.5. The summed E-state index contributed by atoms with van der Waals surface area (Å²) >= 11 is 12.3. The summed E-state index contributed by atoms with van der Waals surface area (Å²) in [5, 5.41) is 3.46. The van der Waals surface area contributed by atoms with Gasteiger partial charge in [0.05, 0.1) is 36.6 Å². The van der Waals surface area contributed by atoms with Crippen LogP contribution < -0.4 is 19.5 Å². The van der Waals surface area contributed by atoms with Crippen LogP contribution in [0, 0.1) is 0 Å². The molecule has 0 unspecified atom stereocenters. The fourth-order valence-electron chi connectivity index (χ4n) is 2.14. The standard InChI is InChI=1S/C17H17Cl2NO4/c1-4-24-15-11(18)6-5-7-13(15)20-17(21)10-8-12(19)16(23-3)14(9-10)22-2/h5-9H,4H2,1-3H3,(H,20,21). The first-order valence-electron chi connectivity index (χ1n) is 7.16. The van der Waals surface area contributed by atoms with Gasteiger partial charge in [-0.3, -0.25) is 4.79 Å². The maximum absolute atomic E-state index is 12.5. The van der Waals surface area contributed by atoms with Gasteiger partial charge in [0, 0.05) is 5.56 Å². The molecule has 1 amide bonds. The van der Waals surface area contributed by atoms with Crippen molar-refractivity contribution in [3.05, 3.63) is 45.9 Å². The summed E-state index contributed by atoms with van der Waals surface area (Å²) < 4.78 is 15.9. The minimum atomic E-state index is -0.374. The highest BCUT2D eigenvalue weighted by molar-refractivity contribution is 6.33. The molecule has 0 saturated carbocycles. The van der Waals surface area contributed by atoms with Gasteiger partial charge in [0.2, 0.25) is 0 Å². The van der Waals surface area contributed by atoms with Crippen LogP contribution in [-0.4, -0.2) is 26.7 Å². The highest BCUT2D eigenvalue weighted by Crippen LogP contribution is 2.37. The third kappa shape index (κ3) is 3.86. The Morgan fingerprint density at radius 3 is 2.46 bits per heavy atom. The molecule has 5 nitrogen and oxygen atoms in total. The molecular formula is C17H17Cl2NO4. The lowest BCUT2D eigenvalue weighted by atomic mass is 10.1. The molecule has 7 heteroatoms. The monoisotopic (exact) mass is 369 g/mol. The fraction of sp³-hybridized carbons (Fsp3) is 0.235. The summed E-state index contributed by atoms with van der Waals surface area (Å²) in [6.45, 7) is 2.26. The molecule has 2 rings (SSSR count). The molecule has 2 aromatic rings. The van der Waals surface area contributed by atoms with E-state index in [0.717, 1.165) is 0 Å². The smallest absolute Gasteiger partial charge is 0.255 e. The van der Waals surface area contributed by atoms with Gasteiger partial charge in [0.15, 0.2) is 17.2 Å². The Balaban J connectivity index is 2.34. The SMILES string of the molecule is CCOc1c(Cl)cccc1NC(=O)c1cc(Cl)c(OC)c(OC)c1. The molecule has 0 saturated heterocycles. The zero-order valence-electron chi connectivity index (χ0n) is 13.5. The predicted octanol–water partition coefficient (Wildman–Crippen LogP) is 4.66. The minimum absolute atomic E-state index is 0.276. The number of rotatable bonds is 6. The molecule has 0 aliphatic rings. The number of carbonyl (C=O) groups excluding carboxylic acids is 1. The molecule has 0 aliphatic carbocycles. The Bertz CT molecular complexity index is 750. The van der Waals surface area contributed by atoms with E-state index in [2.05, 4.69) is 5.32 Å². The first-order chi connectivity index (χ1) is 11.5. The summed E-state index contributed by atoms with van der Waals surface area (Å²) in [5.74, 6) is 0.780. The second kappa shape index (κ2) is 8.13. The van der Waals surface area contributed by atoms with E-state index in [1.165, 1.54) is 20.3 Å². The Morgan fingerprint density at radius 1 is 1.08 bits per heavy atom. The van der Waals surface area contributed by atoms with Crippen LogP contribution in [0.2, 0.25) is 10.0 Å². The van der Waals surface area contributed by atoms with E-state index in [4.69, 9.17) is 37.4 Å². The Labute approximate surface area is 150 Å². The Morgan fingerprint density at radius 2 is 1.83 bits per heavy atom. The number of nitrogens with one attached hydrogen (secondary N) is 1. The van der Waals surface area contributed by atoms with Crippen molar-refractivity contribution in [3.8, 4) is 17.2 Å². The van der Waals surface area contributed by atoms with Crippen LogP contribution in [-0.2, 0) is 0 Å². The number of benzene rings is 2. The van der Waals surface area contributed by atoms with Gasteiger partial charge in [-0.1, -0.05) is 29.3 Å². The lowest BCUT2D eigenvalue weighted by molar-refractivity contribution is 0.102. The van der Waals surface area contributed by atoms with E-state index < -0.39 is 0 Å². The molecule has 128 valence electrons. The second-order valence-corrected chi connectivity index (χ2v) is 5.51. The topological polar surface area (TPSA) is 56.8 Å². The van der Waals surface area contributed by atoms with Gasteiger partial charge < -0.3 is 19.5 Å². The first-order valence-corrected chi connectivity index (χ1v) is 7.91. The van der Waals surface area contributed by atoms with E-state index in [1.54, 1.807) is 24.3 Å². The van der Waals surface area contributed by atoms with E-state index in [9.17, 15) is 4.79 Å². The number of hydrogen-bond donors (Lipinski definition) is 1. The van der Waals surface area contributed by atoms with Crippen LogP contribution in [0.25, 0.3) is 0 Å². The average molecular weight is 370 g/mol. The molecule has 0 radical (unpaired) electrons. The second-order valence-electron chi connectivity index (χ2n) is 4.70. The first kappa shape index (κ1) is 18.2. The van der Waals surface area contributed by atoms with Crippen LogP contribution in [0.3, 0.4) is 0 Å². The summed E-state index contributed by atoms with van der Waals surface area (Å²) in [5.41, 5.74) is 0.792. The highest BCUT2D eigenvalue weighted by Gasteiger charge is 2.17. The predicted molar refractivity (Wildman–Crippen MR) is 95.1 cm³/mol. The van der Waals surface area contributed by atoms with Crippen molar-refractivity contribution >= 4 is 34.8 Å². The molecule has 0 aliphatic heterocycles. The molecule has 2 aromatic carbocycles. The van der Waals surface area contributed by atoms with Crippen molar-refractivity contribution in [2.24, 2.45) is 0 Å². The van der Waals surface area contributed by atoms with E-state index >= 15 is 0 Å². The summed E-state index contributed by atoms with van der Waals surface area (Å²) in [6, 6.07) is 8.17. The largest absolute Gasteiger partial charge is 0.493 e. The van der Waals surface area contributed by atoms with Crippen LogP contribution in [0.4, 0.5) is 5.69 Å². The molecule has 0 bridgehead atoms. The molecule has 0 atom stereocenters. The molecule has 1 N–H and O–H groups in total. The number of hydrogen-bond acceptors (Lipinski definition) is 4.